The number of ketones is 1. The molecule has 3 aromatic carbocycles. The number of aromatic nitrogens is 1. The van der Waals surface area contributed by atoms with Crippen LogP contribution in [0.15, 0.2) is 84.6 Å². The maximum atomic E-state index is 13.3. The molecule has 1 amide bonds. The lowest BCUT2D eigenvalue weighted by Gasteiger charge is -2.25. The van der Waals surface area contributed by atoms with E-state index in [4.69, 9.17) is 9.47 Å². The molecule has 7 heteroatoms. The maximum Gasteiger partial charge on any atom is 0.295 e. The SMILES string of the molecule is CCCN1C(=O)C(=O)/C(=C(\O)c2c[nH]c3ccccc23)C1c1ccc(OCc2ccccc2)c(OC)c1. The van der Waals surface area contributed by atoms with Crippen molar-refractivity contribution in [2.45, 2.75) is 26.0 Å². The van der Waals surface area contributed by atoms with Gasteiger partial charge in [0.1, 0.15) is 12.4 Å². The van der Waals surface area contributed by atoms with E-state index in [1.807, 2.05) is 67.6 Å². The molecule has 2 heterocycles. The third kappa shape index (κ3) is 4.44. The number of H-pyrrole nitrogens is 1. The fourth-order valence-electron chi connectivity index (χ4n) is 4.82. The molecule has 188 valence electrons. The van der Waals surface area contributed by atoms with E-state index in [9.17, 15) is 14.7 Å². The fourth-order valence-corrected chi connectivity index (χ4v) is 4.82. The molecule has 1 aliphatic heterocycles. The second-order valence-electron chi connectivity index (χ2n) is 8.92. The molecular formula is C30H28N2O5. The minimum absolute atomic E-state index is 0.0585. The molecule has 0 bridgehead atoms. The maximum absolute atomic E-state index is 13.3. The van der Waals surface area contributed by atoms with Gasteiger partial charge in [-0.2, -0.15) is 0 Å². The van der Waals surface area contributed by atoms with Gasteiger partial charge in [-0.05, 0) is 35.7 Å². The number of aromatic amines is 1. The molecule has 0 aliphatic carbocycles. The number of fused-ring (bicyclic) bond motifs is 1. The third-order valence-electron chi connectivity index (χ3n) is 6.59. The average Bonchev–Trinajstić information content (AvgIpc) is 3.47. The summed E-state index contributed by atoms with van der Waals surface area (Å²) in [5.74, 6) is -0.522. The van der Waals surface area contributed by atoms with Crippen molar-refractivity contribution >= 4 is 28.4 Å². The zero-order valence-corrected chi connectivity index (χ0v) is 20.7. The lowest BCUT2D eigenvalue weighted by atomic mass is 9.94. The number of nitrogens with zero attached hydrogens (tertiary/aromatic N) is 1. The Bertz CT molecular complexity index is 1490. The van der Waals surface area contributed by atoms with Crippen molar-refractivity contribution in [2.24, 2.45) is 0 Å². The third-order valence-corrected chi connectivity index (χ3v) is 6.59. The van der Waals surface area contributed by atoms with Gasteiger partial charge in [-0.1, -0.05) is 61.5 Å². The first-order chi connectivity index (χ1) is 18.0. The minimum atomic E-state index is -0.759. The number of benzene rings is 3. The largest absolute Gasteiger partial charge is 0.507 e. The lowest BCUT2D eigenvalue weighted by Crippen LogP contribution is -2.30. The van der Waals surface area contributed by atoms with Gasteiger partial charge in [-0.15, -0.1) is 0 Å². The predicted molar refractivity (Wildman–Crippen MR) is 141 cm³/mol. The summed E-state index contributed by atoms with van der Waals surface area (Å²) in [4.78, 5) is 31.0. The van der Waals surface area contributed by atoms with Crippen molar-refractivity contribution in [3.63, 3.8) is 0 Å². The monoisotopic (exact) mass is 496 g/mol. The van der Waals surface area contributed by atoms with Gasteiger partial charge in [0.25, 0.3) is 11.7 Å². The second kappa shape index (κ2) is 10.2. The highest BCUT2D eigenvalue weighted by Crippen LogP contribution is 2.43. The Kier molecular flexibility index (Phi) is 6.68. The van der Waals surface area contributed by atoms with Crippen molar-refractivity contribution in [3.05, 3.63) is 101 Å². The molecule has 37 heavy (non-hydrogen) atoms. The van der Waals surface area contributed by atoms with Crippen LogP contribution in [0.1, 0.15) is 36.1 Å². The number of methoxy groups -OCH3 is 1. The van der Waals surface area contributed by atoms with E-state index in [2.05, 4.69) is 4.98 Å². The molecule has 1 aliphatic rings. The number of ether oxygens (including phenoxy) is 2. The first kappa shape index (κ1) is 24.2. The molecule has 5 rings (SSSR count). The first-order valence-corrected chi connectivity index (χ1v) is 12.2. The highest BCUT2D eigenvalue weighted by molar-refractivity contribution is 6.46. The number of likely N-dealkylation sites (tertiary alicyclic amines) is 1. The summed E-state index contributed by atoms with van der Waals surface area (Å²) in [5.41, 5.74) is 3.03. The van der Waals surface area contributed by atoms with Crippen molar-refractivity contribution in [3.8, 4) is 11.5 Å². The Balaban J connectivity index is 1.57. The molecular weight excluding hydrogens is 468 g/mol. The van der Waals surface area contributed by atoms with Crippen molar-refractivity contribution in [2.75, 3.05) is 13.7 Å². The predicted octanol–water partition coefficient (Wildman–Crippen LogP) is 5.59. The molecule has 1 atom stereocenters. The number of aliphatic hydroxyl groups is 1. The van der Waals surface area contributed by atoms with Gasteiger partial charge < -0.3 is 24.5 Å². The molecule has 0 spiro atoms. The van der Waals surface area contributed by atoms with Gasteiger partial charge >= 0.3 is 0 Å². The van der Waals surface area contributed by atoms with E-state index in [0.717, 1.165) is 16.5 Å². The number of carbonyl (C=O) groups excluding carboxylic acids is 2. The summed E-state index contributed by atoms with van der Waals surface area (Å²) >= 11 is 0. The number of aliphatic hydroxyl groups excluding tert-OH is 1. The van der Waals surface area contributed by atoms with E-state index < -0.39 is 17.7 Å². The first-order valence-electron chi connectivity index (χ1n) is 12.2. The Morgan fingerprint density at radius 1 is 1.00 bits per heavy atom. The molecule has 1 unspecified atom stereocenters. The van der Waals surface area contributed by atoms with Crippen LogP contribution in [-0.4, -0.2) is 40.3 Å². The normalized spacial score (nSPS) is 16.9. The zero-order valence-electron chi connectivity index (χ0n) is 20.7. The fraction of sp³-hybridized carbons (Fsp3) is 0.200. The Hall–Kier alpha value is -4.52. The minimum Gasteiger partial charge on any atom is -0.507 e. The van der Waals surface area contributed by atoms with Gasteiger partial charge in [-0.3, -0.25) is 9.59 Å². The number of Topliss-reactive ketones (excluding diaryl/α,β-unsaturated/α-hetero) is 1. The summed E-state index contributed by atoms with van der Waals surface area (Å²) in [6.45, 7) is 2.68. The average molecular weight is 497 g/mol. The standard InChI is InChI=1S/C30H28N2O5/c1-3-15-32-27(20-13-14-24(25(16-20)36-2)37-18-19-9-5-4-6-10-19)26(29(34)30(32)35)28(33)22-17-31-23-12-8-7-11-21(22)23/h4-14,16-17,27,31,33H,3,15,18H2,1-2H3/b28-26-. The van der Waals surface area contributed by atoms with E-state index in [1.165, 1.54) is 4.90 Å². The van der Waals surface area contributed by atoms with Crippen molar-refractivity contribution < 1.29 is 24.2 Å². The molecule has 1 saturated heterocycles. The molecule has 7 nitrogen and oxygen atoms in total. The van der Waals surface area contributed by atoms with Crippen LogP contribution in [-0.2, 0) is 16.2 Å². The smallest absolute Gasteiger partial charge is 0.295 e. The molecule has 4 aromatic rings. The molecule has 2 N–H and O–H groups in total. The van der Waals surface area contributed by atoms with Gasteiger partial charge in [0, 0.05) is 29.2 Å². The van der Waals surface area contributed by atoms with Crippen molar-refractivity contribution in [1.29, 1.82) is 0 Å². The Morgan fingerprint density at radius 3 is 2.51 bits per heavy atom. The van der Waals surface area contributed by atoms with Crippen LogP contribution in [0.4, 0.5) is 0 Å². The number of hydrogen-bond acceptors (Lipinski definition) is 5. The number of para-hydroxylation sites is 1. The zero-order chi connectivity index (χ0) is 25.9. The summed E-state index contributed by atoms with van der Waals surface area (Å²) in [6.07, 6.45) is 2.32. The van der Waals surface area contributed by atoms with Crippen LogP contribution in [0.3, 0.4) is 0 Å². The number of hydrogen-bond donors (Lipinski definition) is 2. The van der Waals surface area contributed by atoms with Crippen LogP contribution in [0, 0.1) is 0 Å². The second-order valence-corrected chi connectivity index (χ2v) is 8.92. The van der Waals surface area contributed by atoms with E-state index >= 15 is 0 Å². The highest BCUT2D eigenvalue weighted by atomic mass is 16.5. The number of amides is 1. The Morgan fingerprint density at radius 2 is 1.76 bits per heavy atom. The van der Waals surface area contributed by atoms with Gasteiger partial charge in [0.15, 0.2) is 11.5 Å². The summed E-state index contributed by atoms with van der Waals surface area (Å²) < 4.78 is 11.6. The van der Waals surface area contributed by atoms with Crippen molar-refractivity contribution in [1.82, 2.24) is 9.88 Å². The Labute approximate surface area is 214 Å². The molecule has 0 saturated carbocycles. The molecule has 0 radical (unpaired) electrons. The topological polar surface area (TPSA) is 91.9 Å². The van der Waals surface area contributed by atoms with E-state index in [-0.39, 0.29) is 11.3 Å². The van der Waals surface area contributed by atoms with Crippen LogP contribution in [0.25, 0.3) is 16.7 Å². The summed E-state index contributed by atoms with van der Waals surface area (Å²) in [6, 6.07) is 21.9. The number of rotatable bonds is 8. The lowest BCUT2D eigenvalue weighted by molar-refractivity contribution is -0.139. The number of nitrogens with one attached hydrogen (secondary N) is 1. The quantitative estimate of drug-likeness (QED) is 0.189. The van der Waals surface area contributed by atoms with Crippen LogP contribution >= 0.6 is 0 Å². The van der Waals surface area contributed by atoms with Crippen LogP contribution in [0.2, 0.25) is 0 Å². The summed E-state index contributed by atoms with van der Waals surface area (Å²) in [7, 11) is 1.55. The number of carbonyl (C=O) groups is 2. The van der Waals surface area contributed by atoms with Crippen LogP contribution in [0.5, 0.6) is 11.5 Å². The summed E-state index contributed by atoms with van der Waals surface area (Å²) in [5, 5.41) is 12.2. The van der Waals surface area contributed by atoms with Crippen LogP contribution < -0.4 is 9.47 Å². The molecule has 1 aromatic heterocycles. The van der Waals surface area contributed by atoms with E-state index in [0.29, 0.717) is 42.2 Å². The van der Waals surface area contributed by atoms with Gasteiger partial charge in [0.05, 0.1) is 18.7 Å². The molecule has 1 fully saturated rings. The van der Waals surface area contributed by atoms with Gasteiger partial charge in [0.2, 0.25) is 0 Å². The van der Waals surface area contributed by atoms with Gasteiger partial charge in [-0.25, -0.2) is 0 Å². The van der Waals surface area contributed by atoms with E-state index in [1.54, 1.807) is 25.4 Å². The highest BCUT2D eigenvalue weighted by Gasteiger charge is 2.46.